The third-order valence-electron chi connectivity index (χ3n) is 5.47. The zero-order chi connectivity index (χ0) is 27.9. The van der Waals surface area contributed by atoms with E-state index < -0.39 is 22.7 Å². The highest BCUT2D eigenvalue weighted by Gasteiger charge is 2.35. The number of carbonyl (C=O) groups excluding carboxylic acids is 2. The van der Waals surface area contributed by atoms with Crippen LogP contribution >= 0.6 is 12.2 Å². The Hall–Kier alpha value is -5.10. The summed E-state index contributed by atoms with van der Waals surface area (Å²) < 4.78 is 11.3. The molecule has 0 atom stereocenters. The second-order valence-electron chi connectivity index (χ2n) is 8.19. The number of carboxylic acid groups (broad SMARTS) is 1. The smallest absolute Gasteiger partial charge is 0.303 e. The van der Waals surface area contributed by atoms with Crippen molar-refractivity contribution in [1.82, 2.24) is 5.32 Å². The Morgan fingerprint density at radius 1 is 1.03 bits per heavy atom. The van der Waals surface area contributed by atoms with Crippen molar-refractivity contribution in [2.24, 2.45) is 0 Å². The maximum atomic E-state index is 13.4. The third kappa shape index (κ3) is 6.62. The summed E-state index contributed by atoms with van der Waals surface area (Å²) in [4.78, 5) is 48.8. The number of carbonyl (C=O) groups is 3. The monoisotopic (exact) mass is 547 g/mol. The predicted octanol–water partition coefficient (Wildman–Crippen LogP) is 4.46. The van der Waals surface area contributed by atoms with Crippen LogP contribution in [-0.2, 0) is 14.4 Å². The van der Waals surface area contributed by atoms with Gasteiger partial charge in [-0.1, -0.05) is 18.2 Å². The van der Waals surface area contributed by atoms with Crippen LogP contribution in [0.25, 0.3) is 6.08 Å². The van der Waals surface area contributed by atoms with Gasteiger partial charge < -0.3 is 14.6 Å². The standard InChI is InChI=1S/C27H21N3O8S/c31-24(32)7-4-14-37-21-12-13-23(30(35)36)17(15-21)16-22-25(33)28-27(39)29(26(22)34)18-8-10-20(11-9-18)38-19-5-2-1-3-6-19/h1-3,5-6,8-13,15-16H,4,7,14H2,(H,31,32)(H,28,33,39)/b22-16+. The molecule has 0 aliphatic carbocycles. The van der Waals surface area contributed by atoms with Crippen LogP contribution in [0, 0.1) is 10.1 Å². The molecule has 0 radical (unpaired) electrons. The molecule has 1 heterocycles. The van der Waals surface area contributed by atoms with E-state index in [9.17, 15) is 24.5 Å². The molecule has 2 amide bonds. The normalized spacial score (nSPS) is 14.2. The number of aliphatic carboxylic acids is 1. The number of nitro benzene ring substituents is 1. The number of ether oxygens (including phenoxy) is 2. The summed E-state index contributed by atoms with van der Waals surface area (Å²) >= 11 is 5.23. The average Bonchev–Trinajstić information content (AvgIpc) is 2.90. The van der Waals surface area contributed by atoms with Gasteiger partial charge in [0, 0.05) is 12.5 Å². The van der Waals surface area contributed by atoms with Crippen molar-refractivity contribution < 1.29 is 33.9 Å². The summed E-state index contributed by atoms with van der Waals surface area (Å²) in [6.45, 7) is 0.0611. The molecule has 0 spiro atoms. The van der Waals surface area contributed by atoms with Gasteiger partial charge in [-0.2, -0.15) is 0 Å². The quantitative estimate of drug-likeness (QED) is 0.0937. The number of nitrogens with one attached hydrogen (secondary N) is 1. The fourth-order valence-electron chi connectivity index (χ4n) is 3.65. The molecule has 1 aliphatic rings. The molecule has 4 rings (SSSR count). The van der Waals surface area contributed by atoms with Crippen LogP contribution in [0.15, 0.2) is 78.4 Å². The van der Waals surface area contributed by atoms with Gasteiger partial charge in [-0.15, -0.1) is 0 Å². The van der Waals surface area contributed by atoms with Gasteiger partial charge in [-0.05, 0) is 73.2 Å². The summed E-state index contributed by atoms with van der Waals surface area (Å²) in [5.41, 5.74) is -0.433. The van der Waals surface area contributed by atoms with E-state index in [2.05, 4.69) is 5.32 Å². The zero-order valence-electron chi connectivity index (χ0n) is 20.2. The number of anilines is 1. The summed E-state index contributed by atoms with van der Waals surface area (Å²) in [6.07, 6.45) is 1.22. The van der Waals surface area contributed by atoms with Crippen LogP contribution < -0.4 is 19.7 Å². The number of nitro groups is 1. The SMILES string of the molecule is O=C(O)CCCOc1ccc([N+](=O)[O-])c(/C=C2\C(=O)NC(=S)N(c3ccc(Oc4ccccc4)cc3)C2=O)c1. The molecular weight excluding hydrogens is 526 g/mol. The second kappa shape index (κ2) is 12.0. The lowest BCUT2D eigenvalue weighted by atomic mass is 10.0. The van der Waals surface area contributed by atoms with Gasteiger partial charge in [0.15, 0.2) is 5.11 Å². The molecule has 0 unspecified atom stereocenters. The van der Waals surface area contributed by atoms with Crippen molar-refractivity contribution in [1.29, 1.82) is 0 Å². The predicted molar refractivity (Wildman–Crippen MR) is 145 cm³/mol. The number of carboxylic acids is 1. The average molecular weight is 548 g/mol. The van der Waals surface area contributed by atoms with E-state index in [4.69, 9.17) is 26.8 Å². The van der Waals surface area contributed by atoms with Gasteiger partial charge in [0.2, 0.25) is 0 Å². The summed E-state index contributed by atoms with van der Waals surface area (Å²) in [7, 11) is 0. The van der Waals surface area contributed by atoms with Crippen molar-refractivity contribution in [3.8, 4) is 17.2 Å². The maximum Gasteiger partial charge on any atom is 0.303 e. The molecule has 0 bridgehead atoms. The lowest BCUT2D eigenvalue weighted by Gasteiger charge is -2.29. The van der Waals surface area contributed by atoms with Gasteiger partial charge in [0.25, 0.3) is 17.5 Å². The van der Waals surface area contributed by atoms with Crippen LogP contribution in [0.2, 0.25) is 0 Å². The fraction of sp³-hybridized carbons (Fsp3) is 0.111. The Balaban J connectivity index is 1.60. The largest absolute Gasteiger partial charge is 0.494 e. The highest BCUT2D eigenvalue weighted by atomic mass is 32.1. The van der Waals surface area contributed by atoms with Crippen molar-refractivity contribution in [2.75, 3.05) is 11.5 Å². The molecule has 12 heteroatoms. The molecule has 1 saturated heterocycles. The number of benzene rings is 3. The summed E-state index contributed by atoms with van der Waals surface area (Å²) in [6, 6.07) is 19.4. The summed E-state index contributed by atoms with van der Waals surface area (Å²) in [5, 5.41) is 22.7. The lowest BCUT2D eigenvalue weighted by molar-refractivity contribution is -0.385. The molecule has 3 aromatic rings. The van der Waals surface area contributed by atoms with Crippen LogP contribution in [-0.4, -0.2) is 39.5 Å². The third-order valence-corrected chi connectivity index (χ3v) is 5.76. The first kappa shape index (κ1) is 26.9. The number of para-hydroxylation sites is 1. The molecule has 39 heavy (non-hydrogen) atoms. The number of hydrogen-bond acceptors (Lipinski definition) is 8. The van der Waals surface area contributed by atoms with Gasteiger partial charge in [-0.25, -0.2) is 0 Å². The highest BCUT2D eigenvalue weighted by molar-refractivity contribution is 7.80. The molecule has 0 aromatic heterocycles. The van der Waals surface area contributed by atoms with E-state index in [1.807, 2.05) is 18.2 Å². The fourth-order valence-corrected chi connectivity index (χ4v) is 3.93. The van der Waals surface area contributed by atoms with E-state index in [-0.39, 0.29) is 47.1 Å². The Morgan fingerprint density at radius 2 is 1.69 bits per heavy atom. The molecule has 2 N–H and O–H groups in total. The minimum atomic E-state index is -0.977. The second-order valence-corrected chi connectivity index (χ2v) is 8.58. The van der Waals surface area contributed by atoms with Crippen LogP contribution in [0.3, 0.4) is 0 Å². The molecule has 198 valence electrons. The van der Waals surface area contributed by atoms with Gasteiger partial charge >= 0.3 is 5.97 Å². The maximum absolute atomic E-state index is 13.4. The number of rotatable bonds is 10. The van der Waals surface area contributed by atoms with Crippen molar-refractivity contribution in [2.45, 2.75) is 12.8 Å². The molecule has 11 nitrogen and oxygen atoms in total. The lowest BCUT2D eigenvalue weighted by Crippen LogP contribution is -2.54. The van der Waals surface area contributed by atoms with Crippen LogP contribution in [0.4, 0.5) is 11.4 Å². The van der Waals surface area contributed by atoms with Gasteiger partial charge in [0.1, 0.15) is 22.8 Å². The van der Waals surface area contributed by atoms with Crippen molar-refractivity contribution in [3.63, 3.8) is 0 Å². The van der Waals surface area contributed by atoms with Crippen LogP contribution in [0.5, 0.6) is 17.2 Å². The Bertz CT molecular complexity index is 1470. The summed E-state index contributed by atoms with van der Waals surface area (Å²) in [5.74, 6) is -1.22. The number of nitrogens with zero attached hydrogens (tertiary/aromatic N) is 2. The number of thiocarbonyl (C=S) groups is 1. The van der Waals surface area contributed by atoms with E-state index in [1.54, 1.807) is 36.4 Å². The molecule has 1 aliphatic heterocycles. The first-order valence-electron chi connectivity index (χ1n) is 11.6. The first-order valence-corrected chi connectivity index (χ1v) is 12.0. The molecule has 0 saturated carbocycles. The Kier molecular flexibility index (Phi) is 8.27. The topological polar surface area (TPSA) is 148 Å². The number of amides is 2. The van der Waals surface area contributed by atoms with Crippen molar-refractivity contribution in [3.05, 3.63) is 94.0 Å². The van der Waals surface area contributed by atoms with E-state index >= 15 is 0 Å². The first-order chi connectivity index (χ1) is 18.7. The molecular formula is C27H21N3O8S. The minimum absolute atomic E-state index is 0.0476. The van der Waals surface area contributed by atoms with Crippen LogP contribution in [0.1, 0.15) is 18.4 Å². The highest BCUT2D eigenvalue weighted by Crippen LogP contribution is 2.30. The zero-order valence-corrected chi connectivity index (χ0v) is 21.1. The van der Waals surface area contributed by atoms with Gasteiger partial charge in [-0.3, -0.25) is 34.7 Å². The number of hydrogen-bond donors (Lipinski definition) is 2. The van der Waals surface area contributed by atoms with Crippen molar-refractivity contribution >= 4 is 52.6 Å². The molecule has 1 fully saturated rings. The van der Waals surface area contributed by atoms with E-state index in [0.717, 1.165) is 11.0 Å². The minimum Gasteiger partial charge on any atom is -0.494 e. The van der Waals surface area contributed by atoms with E-state index in [0.29, 0.717) is 17.2 Å². The van der Waals surface area contributed by atoms with Gasteiger partial charge in [0.05, 0.1) is 22.8 Å². The van der Waals surface area contributed by atoms with E-state index in [1.165, 1.54) is 18.2 Å². The molecule has 3 aromatic carbocycles. The Labute approximate surface area is 227 Å². The Morgan fingerprint density at radius 3 is 2.36 bits per heavy atom.